The van der Waals surface area contributed by atoms with Gasteiger partial charge in [-0.15, -0.1) is 0 Å². The Morgan fingerprint density at radius 1 is 1.17 bits per heavy atom. The van der Waals surface area contributed by atoms with E-state index < -0.39 is 15.9 Å². The highest BCUT2D eigenvalue weighted by Crippen LogP contribution is 2.21. The zero-order valence-corrected chi connectivity index (χ0v) is 16.4. The number of carboxylic acid groups (broad SMARTS) is 1. The van der Waals surface area contributed by atoms with Crippen molar-refractivity contribution in [3.8, 4) is 11.7 Å². The Balaban J connectivity index is 1.56. The smallest absolute Gasteiger partial charge is 0.407 e. The Bertz CT molecular complexity index is 1150. The van der Waals surface area contributed by atoms with Crippen LogP contribution in [0.15, 0.2) is 41.6 Å². The number of amides is 1. The lowest BCUT2D eigenvalue weighted by atomic mass is 10.1. The number of aromatic nitrogens is 4. The monoisotopic (exact) mass is 417 g/mol. The third-order valence-electron chi connectivity index (χ3n) is 4.78. The van der Waals surface area contributed by atoms with Crippen LogP contribution in [0, 0.1) is 0 Å². The summed E-state index contributed by atoms with van der Waals surface area (Å²) >= 11 is 0. The molecular weight excluding hydrogens is 398 g/mol. The molecule has 0 spiro atoms. The van der Waals surface area contributed by atoms with Gasteiger partial charge in [-0.3, -0.25) is 0 Å². The van der Waals surface area contributed by atoms with Gasteiger partial charge in [0.25, 0.3) is 0 Å². The van der Waals surface area contributed by atoms with Gasteiger partial charge in [-0.05, 0) is 24.3 Å². The van der Waals surface area contributed by atoms with Gasteiger partial charge >= 0.3 is 12.1 Å². The van der Waals surface area contributed by atoms with Gasteiger partial charge in [0.1, 0.15) is 6.10 Å². The third kappa shape index (κ3) is 3.99. The van der Waals surface area contributed by atoms with Crippen molar-refractivity contribution in [1.29, 1.82) is 0 Å². The van der Waals surface area contributed by atoms with Crippen LogP contribution in [0.1, 0.15) is 12.8 Å². The van der Waals surface area contributed by atoms with Crippen molar-refractivity contribution in [3.05, 3.63) is 36.7 Å². The van der Waals surface area contributed by atoms with E-state index in [9.17, 15) is 13.2 Å². The number of hydrogen-bond acceptors (Lipinski definition) is 7. The molecule has 3 aromatic rings. The normalized spacial score (nSPS) is 15.6. The number of nitrogens with zero attached hydrogens (tertiary/aromatic N) is 5. The van der Waals surface area contributed by atoms with Crippen molar-refractivity contribution in [3.63, 3.8) is 0 Å². The molecule has 0 bridgehead atoms. The molecule has 0 radical (unpaired) electrons. The fourth-order valence-corrected chi connectivity index (χ4v) is 3.83. The van der Waals surface area contributed by atoms with Crippen LogP contribution < -0.4 is 4.74 Å². The molecular formula is C18H19N5O5S. The average Bonchev–Trinajstić information content (AvgIpc) is 3.11. The maximum Gasteiger partial charge on any atom is 0.407 e. The van der Waals surface area contributed by atoms with Crippen LogP contribution in [0.25, 0.3) is 16.7 Å². The highest BCUT2D eigenvalue weighted by molar-refractivity contribution is 7.90. The zero-order chi connectivity index (χ0) is 20.6. The second-order valence-corrected chi connectivity index (χ2v) is 8.86. The first kappa shape index (κ1) is 19.1. The second-order valence-electron chi connectivity index (χ2n) is 6.84. The summed E-state index contributed by atoms with van der Waals surface area (Å²) in [7, 11) is -3.28. The van der Waals surface area contributed by atoms with Crippen LogP contribution in [0.4, 0.5) is 4.79 Å². The van der Waals surface area contributed by atoms with Crippen molar-refractivity contribution in [2.45, 2.75) is 23.8 Å². The number of piperidine rings is 1. The molecule has 0 saturated carbocycles. The minimum absolute atomic E-state index is 0.159. The van der Waals surface area contributed by atoms with Crippen LogP contribution >= 0.6 is 0 Å². The summed E-state index contributed by atoms with van der Waals surface area (Å²) in [5.41, 5.74) is 1.19. The number of sulfone groups is 1. The topological polar surface area (TPSA) is 128 Å². The Morgan fingerprint density at radius 2 is 1.86 bits per heavy atom. The van der Waals surface area contributed by atoms with E-state index >= 15 is 0 Å². The number of carbonyl (C=O) groups is 1. The summed E-state index contributed by atoms with van der Waals surface area (Å²) in [5, 5.41) is 14.1. The number of rotatable bonds is 4. The second kappa shape index (κ2) is 7.32. The molecule has 4 rings (SSSR count). The fourth-order valence-electron chi connectivity index (χ4n) is 3.20. The van der Waals surface area contributed by atoms with E-state index in [1.165, 1.54) is 17.0 Å². The first-order chi connectivity index (χ1) is 13.8. The molecule has 1 saturated heterocycles. The zero-order valence-electron chi connectivity index (χ0n) is 15.6. The van der Waals surface area contributed by atoms with Gasteiger partial charge in [-0.25, -0.2) is 22.9 Å². The number of benzene rings is 1. The highest BCUT2D eigenvalue weighted by Gasteiger charge is 2.24. The molecule has 1 N–H and O–H groups in total. The van der Waals surface area contributed by atoms with Crippen molar-refractivity contribution in [2.24, 2.45) is 0 Å². The van der Waals surface area contributed by atoms with Gasteiger partial charge in [0.05, 0.1) is 22.2 Å². The Kier molecular flexibility index (Phi) is 4.82. The van der Waals surface area contributed by atoms with Crippen LogP contribution in [0.3, 0.4) is 0 Å². The molecule has 11 heteroatoms. The van der Waals surface area contributed by atoms with Crippen molar-refractivity contribution < 1.29 is 23.1 Å². The molecule has 1 amide bonds. The molecule has 152 valence electrons. The van der Waals surface area contributed by atoms with Gasteiger partial charge in [0.15, 0.2) is 15.5 Å². The van der Waals surface area contributed by atoms with Crippen LogP contribution in [-0.4, -0.2) is 69.7 Å². The first-order valence-corrected chi connectivity index (χ1v) is 10.9. The van der Waals surface area contributed by atoms with Gasteiger partial charge in [-0.1, -0.05) is 0 Å². The molecule has 2 aromatic heterocycles. The lowest BCUT2D eigenvalue weighted by Crippen LogP contribution is -2.41. The van der Waals surface area contributed by atoms with E-state index in [1.807, 2.05) is 0 Å². The first-order valence-electron chi connectivity index (χ1n) is 8.97. The molecule has 29 heavy (non-hydrogen) atoms. The maximum absolute atomic E-state index is 11.6. The number of hydrogen-bond donors (Lipinski definition) is 1. The van der Waals surface area contributed by atoms with E-state index in [-0.39, 0.29) is 17.0 Å². The predicted octanol–water partition coefficient (Wildman–Crippen LogP) is 1.74. The molecule has 10 nitrogen and oxygen atoms in total. The number of likely N-dealkylation sites (tertiary alicyclic amines) is 1. The van der Waals surface area contributed by atoms with E-state index in [2.05, 4.69) is 15.1 Å². The molecule has 1 fully saturated rings. The Hall–Kier alpha value is -3.21. The summed E-state index contributed by atoms with van der Waals surface area (Å²) in [6.07, 6.45) is 4.44. The standard InChI is InChI=1S/C18H19N5O5S/c1-29(26,27)15-4-2-13(3-5-15)23-16-12(11-20-23)10-19-17(21-16)28-14-6-8-22(9-7-14)18(24)25/h2-5,10-11,14H,6-9H2,1H3,(H,24,25). The lowest BCUT2D eigenvalue weighted by Gasteiger charge is -2.29. The van der Waals surface area contributed by atoms with E-state index in [0.717, 1.165) is 6.26 Å². The van der Waals surface area contributed by atoms with Gasteiger partial charge in [0.2, 0.25) is 0 Å². The summed E-state index contributed by atoms with van der Waals surface area (Å²) in [6, 6.07) is 6.56. The number of ether oxygens (including phenoxy) is 1. The van der Waals surface area contributed by atoms with Crippen molar-refractivity contribution in [2.75, 3.05) is 19.3 Å². The quantitative estimate of drug-likeness (QED) is 0.680. The van der Waals surface area contributed by atoms with Gasteiger partial charge in [-0.2, -0.15) is 10.1 Å². The minimum atomic E-state index is -3.28. The molecule has 0 atom stereocenters. The SMILES string of the molecule is CS(=O)(=O)c1ccc(-n2ncc3cnc(OC4CCN(C(=O)O)CC4)nc32)cc1. The number of fused-ring (bicyclic) bond motifs is 1. The largest absolute Gasteiger partial charge is 0.465 e. The van der Waals surface area contributed by atoms with E-state index in [4.69, 9.17) is 9.84 Å². The lowest BCUT2D eigenvalue weighted by molar-refractivity contribution is 0.0845. The summed E-state index contributed by atoms with van der Waals surface area (Å²) in [6.45, 7) is 0.819. The summed E-state index contributed by atoms with van der Waals surface area (Å²) < 4.78 is 30.7. The molecule has 3 heterocycles. The fraction of sp³-hybridized carbons (Fsp3) is 0.333. The maximum atomic E-state index is 11.6. The van der Waals surface area contributed by atoms with Gasteiger partial charge in [0, 0.05) is 38.4 Å². The third-order valence-corrected chi connectivity index (χ3v) is 5.91. The molecule has 1 aliphatic heterocycles. The Labute approximate surface area is 166 Å². The van der Waals surface area contributed by atoms with Gasteiger partial charge < -0.3 is 14.7 Å². The summed E-state index contributed by atoms with van der Waals surface area (Å²) in [4.78, 5) is 21.3. The van der Waals surface area contributed by atoms with Crippen LogP contribution in [0.2, 0.25) is 0 Å². The van der Waals surface area contributed by atoms with E-state index in [1.54, 1.807) is 29.2 Å². The average molecular weight is 417 g/mol. The minimum Gasteiger partial charge on any atom is -0.465 e. The van der Waals surface area contributed by atoms with Crippen molar-refractivity contribution >= 4 is 27.0 Å². The predicted molar refractivity (Wildman–Crippen MR) is 103 cm³/mol. The Morgan fingerprint density at radius 3 is 2.48 bits per heavy atom. The van der Waals surface area contributed by atoms with E-state index in [0.29, 0.717) is 42.7 Å². The molecule has 0 unspecified atom stereocenters. The van der Waals surface area contributed by atoms with Crippen molar-refractivity contribution in [1.82, 2.24) is 24.6 Å². The summed E-state index contributed by atoms with van der Waals surface area (Å²) in [5.74, 6) is 0. The molecule has 1 aliphatic rings. The molecule has 0 aliphatic carbocycles. The van der Waals surface area contributed by atoms with Crippen LogP contribution in [0.5, 0.6) is 6.01 Å². The van der Waals surface area contributed by atoms with Crippen LogP contribution in [-0.2, 0) is 9.84 Å². The molecule has 1 aromatic carbocycles. The highest BCUT2D eigenvalue weighted by atomic mass is 32.2.